The van der Waals surface area contributed by atoms with Crippen LogP contribution in [0.15, 0.2) is 12.5 Å². The first-order chi connectivity index (χ1) is 15.7. The second-order valence-electron chi connectivity index (χ2n) is 12.9. The molecule has 3 aliphatic rings. The Morgan fingerprint density at radius 3 is 2.55 bits per heavy atom. The molecule has 0 aromatic carbocycles. The van der Waals surface area contributed by atoms with Gasteiger partial charge in [0.05, 0.1) is 0 Å². The SMILES string of the molecule is CC(C)CCCC(C)[C@H]1CC[C@H]2[C@H](CN)[C@@H]([C@@]3(C)Cc4cncnc4C[C@@H]3CO)CC[C@]12C. The third-order valence-corrected chi connectivity index (χ3v) is 10.8. The molecule has 4 nitrogen and oxygen atoms in total. The summed E-state index contributed by atoms with van der Waals surface area (Å²) in [4.78, 5) is 8.88. The van der Waals surface area contributed by atoms with Crippen molar-refractivity contribution in [2.45, 2.75) is 92.4 Å². The molecule has 1 aromatic rings. The van der Waals surface area contributed by atoms with E-state index >= 15 is 0 Å². The summed E-state index contributed by atoms with van der Waals surface area (Å²) in [6.45, 7) is 13.3. The van der Waals surface area contributed by atoms with Gasteiger partial charge in [-0.25, -0.2) is 9.97 Å². The molecular weight excluding hydrogens is 406 g/mol. The van der Waals surface area contributed by atoms with Gasteiger partial charge in [-0.2, -0.15) is 0 Å². The molecule has 8 atom stereocenters. The third-order valence-electron chi connectivity index (χ3n) is 10.8. The van der Waals surface area contributed by atoms with Crippen LogP contribution in [0.1, 0.15) is 90.8 Å². The quantitative estimate of drug-likeness (QED) is 0.530. The Kier molecular flexibility index (Phi) is 7.56. The smallest absolute Gasteiger partial charge is 0.115 e. The summed E-state index contributed by atoms with van der Waals surface area (Å²) in [6, 6.07) is 0. The van der Waals surface area contributed by atoms with Crippen molar-refractivity contribution in [1.29, 1.82) is 0 Å². The number of fused-ring (bicyclic) bond motifs is 2. The van der Waals surface area contributed by atoms with Crippen molar-refractivity contribution < 1.29 is 5.11 Å². The van der Waals surface area contributed by atoms with Gasteiger partial charge in [-0.15, -0.1) is 0 Å². The highest BCUT2D eigenvalue weighted by atomic mass is 16.3. The summed E-state index contributed by atoms with van der Waals surface area (Å²) in [5.41, 5.74) is 9.53. The zero-order chi connectivity index (χ0) is 23.8. The molecule has 0 spiro atoms. The Hall–Kier alpha value is -1.00. The molecule has 3 aliphatic carbocycles. The Labute approximate surface area is 202 Å². The lowest BCUT2D eigenvalue weighted by Gasteiger charge is -2.57. The van der Waals surface area contributed by atoms with Crippen LogP contribution in [0.4, 0.5) is 0 Å². The van der Waals surface area contributed by atoms with E-state index in [0.717, 1.165) is 48.8 Å². The van der Waals surface area contributed by atoms with Gasteiger partial charge in [-0.05, 0) is 103 Å². The van der Waals surface area contributed by atoms with Gasteiger partial charge < -0.3 is 10.8 Å². The lowest BCUT2D eigenvalue weighted by Crippen LogP contribution is -2.54. The first kappa shape index (κ1) is 25.1. The summed E-state index contributed by atoms with van der Waals surface area (Å²) >= 11 is 0. The minimum Gasteiger partial charge on any atom is -0.396 e. The molecule has 4 rings (SSSR count). The van der Waals surface area contributed by atoms with Gasteiger partial charge in [0.2, 0.25) is 0 Å². The van der Waals surface area contributed by atoms with Gasteiger partial charge >= 0.3 is 0 Å². The van der Waals surface area contributed by atoms with E-state index in [2.05, 4.69) is 44.6 Å². The fraction of sp³-hybridized carbons (Fsp3) is 0.862. The first-order valence-electron chi connectivity index (χ1n) is 13.8. The predicted octanol–water partition coefficient (Wildman–Crippen LogP) is 5.67. The van der Waals surface area contributed by atoms with Crippen LogP contribution in [-0.2, 0) is 12.8 Å². The number of hydrogen-bond donors (Lipinski definition) is 2. The van der Waals surface area contributed by atoms with Gasteiger partial charge in [-0.3, -0.25) is 0 Å². The van der Waals surface area contributed by atoms with Crippen molar-refractivity contribution in [2.75, 3.05) is 13.2 Å². The van der Waals surface area contributed by atoms with E-state index < -0.39 is 0 Å². The average Bonchev–Trinajstić information content (AvgIpc) is 3.14. The summed E-state index contributed by atoms with van der Waals surface area (Å²) in [5.74, 6) is 4.58. The van der Waals surface area contributed by atoms with Gasteiger partial charge in [0.25, 0.3) is 0 Å². The maximum absolute atomic E-state index is 10.4. The normalized spacial score (nSPS) is 39.3. The van der Waals surface area contributed by atoms with E-state index in [0.29, 0.717) is 17.3 Å². The van der Waals surface area contributed by atoms with E-state index in [1.165, 1.54) is 50.5 Å². The van der Waals surface area contributed by atoms with Crippen LogP contribution < -0.4 is 5.73 Å². The van der Waals surface area contributed by atoms with E-state index in [-0.39, 0.29) is 17.9 Å². The van der Waals surface area contributed by atoms with E-state index in [1.807, 2.05) is 6.20 Å². The summed E-state index contributed by atoms with van der Waals surface area (Å²) in [6.07, 6.45) is 14.9. The lowest BCUT2D eigenvalue weighted by molar-refractivity contribution is -0.0763. The summed E-state index contributed by atoms with van der Waals surface area (Å²) in [5, 5.41) is 10.4. The van der Waals surface area contributed by atoms with E-state index in [1.54, 1.807) is 6.33 Å². The van der Waals surface area contributed by atoms with Crippen molar-refractivity contribution >= 4 is 0 Å². The predicted molar refractivity (Wildman–Crippen MR) is 136 cm³/mol. The molecule has 0 saturated heterocycles. The molecule has 0 aliphatic heterocycles. The Morgan fingerprint density at radius 1 is 1.09 bits per heavy atom. The number of hydrogen-bond acceptors (Lipinski definition) is 4. The molecule has 1 heterocycles. The number of aliphatic hydroxyl groups excluding tert-OH is 1. The minimum atomic E-state index is 0.0683. The highest BCUT2D eigenvalue weighted by Gasteiger charge is 2.58. The summed E-state index contributed by atoms with van der Waals surface area (Å²) in [7, 11) is 0. The number of rotatable bonds is 8. The largest absolute Gasteiger partial charge is 0.396 e. The number of aromatic nitrogens is 2. The van der Waals surface area contributed by atoms with Crippen LogP contribution in [0.25, 0.3) is 0 Å². The van der Waals surface area contributed by atoms with Crippen molar-refractivity contribution in [3.63, 3.8) is 0 Å². The van der Waals surface area contributed by atoms with Crippen molar-refractivity contribution in [3.05, 3.63) is 23.8 Å². The monoisotopic (exact) mass is 455 g/mol. The summed E-state index contributed by atoms with van der Waals surface area (Å²) < 4.78 is 0. The molecule has 3 N–H and O–H groups in total. The fourth-order valence-electron chi connectivity index (χ4n) is 8.90. The maximum atomic E-state index is 10.4. The van der Waals surface area contributed by atoms with Crippen LogP contribution in [0.2, 0.25) is 0 Å². The van der Waals surface area contributed by atoms with Crippen LogP contribution in [0.3, 0.4) is 0 Å². The first-order valence-corrected chi connectivity index (χ1v) is 13.8. The zero-order valence-corrected chi connectivity index (χ0v) is 21.9. The number of aliphatic hydroxyl groups is 1. The van der Waals surface area contributed by atoms with Gasteiger partial charge in [0.1, 0.15) is 6.33 Å². The van der Waals surface area contributed by atoms with Gasteiger partial charge in [0, 0.05) is 18.5 Å². The number of nitrogens with two attached hydrogens (primary N) is 1. The Morgan fingerprint density at radius 2 is 1.85 bits per heavy atom. The number of nitrogens with zero attached hydrogens (tertiary/aromatic N) is 2. The molecule has 2 fully saturated rings. The second-order valence-corrected chi connectivity index (χ2v) is 12.9. The van der Waals surface area contributed by atoms with E-state index in [9.17, 15) is 5.11 Å². The molecule has 186 valence electrons. The van der Waals surface area contributed by atoms with Crippen molar-refractivity contribution in [2.24, 2.45) is 58.0 Å². The molecule has 2 saturated carbocycles. The highest BCUT2D eigenvalue weighted by Crippen LogP contribution is 2.64. The Bertz CT molecular complexity index is 797. The molecule has 33 heavy (non-hydrogen) atoms. The molecule has 1 aromatic heterocycles. The van der Waals surface area contributed by atoms with Gasteiger partial charge in [-0.1, -0.05) is 53.9 Å². The van der Waals surface area contributed by atoms with Crippen molar-refractivity contribution in [3.8, 4) is 0 Å². The third kappa shape index (κ3) is 4.51. The van der Waals surface area contributed by atoms with E-state index in [4.69, 9.17) is 5.73 Å². The second kappa shape index (κ2) is 9.93. The fourth-order valence-corrected chi connectivity index (χ4v) is 8.90. The average molecular weight is 456 g/mol. The molecule has 1 unspecified atom stereocenters. The van der Waals surface area contributed by atoms with Crippen LogP contribution in [0.5, 0.6) is 0 Å². The zero-order valence-electron chi connectivity index (χ0n) is 21.9. The van der Waals surface area contributed by atoms with Crippen molar-refractivity contribution in [1.82, 2.24) is 9.97 Å². The Balaban J connectivity index is 1.55. The molecule has 0 bridgehead atoms. The minimum absolute atomic E-state index is 0.0683. The molecular formula is C29H49N3O. The lowest BCUT2D eigenvalue weighted by atomic mass is 9.48. The van der Waals surface area contributed by atoms with Crippen LogP contribution >= 0.6 is 0 Å². The molecule has 0 radical (unpaired) electrons. The van der Waals surface area contributed by atoms with Crippen LogP contribution in [-0.4, -0.2) is 28.2 Å². The molecule has 4 heteroatoms. The standard InChI is InChI=1S/C29H49N3O/c1-19(2)7-6-8-20(3)24-9-10-25-23(15-30)26(11-12-28(24,25)4)29(5)14-21-16-31-18-32-27(21)13-22(29)17-33/h16,18-20,22-26,33H,6-15,17,30H2,1-5H3/t20?,22-,23+,24-,25+,26+,28-,29+/m1/s1. The topological polar surface area (TPSA) is 72.0 Å². The van der Waals surface area contributed by atoms with Crippen LogP contribution in [0, 0.1) is 52.3 Å². The van der Waals surface area contributed by atoms with Gasteiger partial charge in [0.15, 0.2) is 0 Å². The molecule has 0 amide bonds. The maximum Gasteiger partial charge on any atom is 0.115 e. The highest BCUT2D eigenvalue weighted by molar-refractivity contribution is 5.24.